The van der Waals surface area contributed by atoms with E-state index in [9.17, 15) is 9.59 Å². The van der Waals surface area contributed by atoms with Crippen LogP contribution in [0, 0.1) is 0 Å². The molecule has 0 fully saturated rings. The highest BCUT2D eigenvalue weighted by molar-refractivity contribution is 9.10. The molecule has 2 heterocycles. The molecule has 0 aliphatic rings. The van der Waals surface area contributed by atoms with Crippen LogP contribution in [0.2, 0.25) is 0 Å². The number of carboxylic acid groups (broad SMARTS) is 1. The summed E-state index contributed by atoms with van der Waals surface area (Å²) in [7, 11) is 0. The van der Waals surface area contributed by atoms with Crippen LogP contribution in [0.1, 0.15) is 10.6 Å². The lowest BCUT2D eigenvalue weighted by Gasteiger charge is -2.14. The molecule has 112 valence electrons. The fourth-order valence-corrected chi connectivity index (χ4v) is 3.07. The van der Waals surface area contributed by atoms with Gasteiger partial charge in [0.2, 0.25) is 0 Å². The number of carbonyl (C=O) groups excluding carboxylic acids is 1. The van der Waals surface area contributed by atoms with Gasteiger partial charge in [-0.25, -0.2) is 14.6 Å². The first-order chi connectivity index (χ1) is 10.1. The smallest absolute Gasteiger partial charge is 0.326 e. The number of nitrogens with one attached hydrogen (secondary N) is 3. The third-order valence-electron chi connectivity index (χ3n) is 2.68. The van der Waals surface area contributed by atoms with Gasteiger partial charge in [-0.3, -0.25) is 0 Å². The number of aliphatic carboxylic acids is 1. The third kappa shape index (κ3) is 4.57. The number of urea groups is 1. The minimum atomic E-state index is -1.10. The number of nitrogens with zero attached hydrogens (tertiary/aromatic N) is 1. The van der Waals surface area contributed by atoms with E-state index in [2.05, 4.69) is 36.5 Å². The van der Waals surface area contributed by atoms with Gasteiger partial charge in [0.25, 0.3) is 0 Å². The van der Waals surface area contributed by atoms with Gasteiger partial charge in [-0.15, -0.1) is 11.3 Å². The first-order valence-corrected chi connectivity index (χ1v) is 7.70. The summed E-state index contributed by atoms with van der Waals surface area (Å²) in [6.07, 6.45) is 3.13. The molecular formula is C12H13BrN4O3S. The molecule has 2 rings (SSSR count). The van der Waals surface area contributed by atoms with Crippen LogP contribution >= 0.6 is 27.3 Å². The van der Waals surface area contributed by atoms with E-state index in [0.29, 0.717) is 12.2 Å². The monoisotopic (exact) mass is 372 g/mol. The van der Waals surface area contributed by atoms with E-state index in [4.69, 9.17) is 5.11 Å². The quantitative estimate of drug-likeness (QED) is 0.619. The van der Waals surface area contributed by atoms with Crippen LogP contribution in [-0.2, 0) is 17.8 Å². The minimum Gasteiger partial charge on any atom is -0.480 e. The van der Waals surface area contributed by atoms with Gasteiger partial charge in [0.1, 0.15) is 6.04 Å². The van der Waals surface area contributed by atoms with Gasteiger partial charge in [0.05, 0.1) is 12.9 Å². The topological polar surface area (TPSA) is 107 Å². The third-order valence-corrected chi connectivity index (χ3v) is 4.61. The molecule has 1 atom stereocenters. The Morgan fingerprint density at radius 1 is 1.52 bits per heavy atom. The number of thiophene rings is 1. The molecule has 0 spiro atoms. The van der Waals surface area contributed by atoms with E-state index >= 15 is 0 Å². The summed E-state index contributed by atoms with van der Waals surface area (Å²) in [5.41, 5.74) is 0.642. The van der Waals surface area contributed by atoms with Gasteiger partial charge in [-0.05, 0) is 27.4 Å². The van der Waals surface area contributed by atoms with Crippen molar-refractivity contribution in [3.63, 3.8) is 0 Å². The number of carboxylic acids is 1. The summed E-state index contributed by atoms with van der Waals surface area (Å²) in [6.45, 7) is 0.334. The highest BCUT2D eigenvalue weighted by Gasteiger charge is 2.21. The van der Waals surface area contributed by atoms with Crippen LogP contribution in [0.5, 0.6) is 0 Å². The molecule has 4 N–H and O–H groups in total. The first kappa shape index (κ1) is 15.5. The van der Waals surface area contributed by atoms with Crippen LogP contribution < -0.4 is 10.6 Å². The summed E-state index contributed by atoms with van der Waals surface area (Å²) in [6, 6.07) is 0.345. The number of rotatable bonds is 6. The predicted octanol–water partition coefficient (Wildman–Crippen LogP) is 1.73. The van der Waals surface area contributed by atoms with Crippen molar-refractivity contribution in [2.45, 2.75) is 19.0 Å². The molecular weight excluding hydrogens is 360 g/mol. The number of hydrogen-bond donors (Lipinski definition) is 4. The summed E-state index contributed by atoms with van der Waals surface area (Å²) in [4.78, 5) is 30.5. The van der Waals surface area contributed by atoms with Crippen molar-refractivity contribution in [1.29, 1.82) is 0 Å². The Balaban J connectivity index is 1.86. The van der Waals surface area contributed by atoms with Crippen LogP contribution in [0.3, 0.4) is 0 Å². The number of aromatic amines is 1. The number of aromatic nitrogens is 2. The Labute approximate surface area is 132 Å². The fourth-order valence-electron chi connectivity index (χ4n) is 1.64. The SMILES string of the molecule is O=C(NCc1sccc1Br)N[C@@H](Cc1cnc[nH]1)C(=O)O. The molecule has 9 heteroatoms. The summed E-state index contributed by atoms with van der Waals surface area (Å²) >= 11 is 4.87. The molecule has 0 aromatic carbocycles. The second-order valence-electron chi connectivity index (χ2n) is 4.19. The largest absolute Gasteiger partial charge is 0.480 e. The molecule has 0 bridgehead atoms. The van der Waals surface area contributed by atoms with Crippen molar-refractivity contribution < 1.29 is 14.7 Å². The van der Waals surface area contributed by atoms with Crippen molar-refractivity contribution in [3.05, 3.63) is 39.0 Å². The zero-order valence-corrected chi connectivity index (χ0v) is 13.2. The molecule has 0 unspecified atom stereocenters. The summed E-state index contributed by atoms with van der Waals surface area (Å²) in [5.74, 6) is -1.10. The molecule has 0 saturated heterocycles. The Morgan fingerprint density at radius 3 is 2.90 bits per heavy atom. The fraction of sp³-hybridized carbons (Fsp3) is 0.250. The van der Waals surface area contributed by atoms with Crippen molar-refractivity contribution in [3.8, 4) is 0 Å². The van der Waals surface area contributed by atoms with E-state index in [-0.39, 0.29) is 6.42 Å². The lowest BCUT2D eigenvalue weighted by atomic mass is 10.2. The maximum absolute atomic E-state index is 11.8. The van der Waals surface area contributed by atoms with Gasteiger partial charge < -0.3 is 20.7 Å². The average molecular weight is 373 g/mol. The Bertz CT molecular complexity index is 614. The standard InChI is InChI=1S/C12H13BrN4O3S/c13-8-1-2-21-10(8)5-15-12(20)17-9(11(18)19)3-7-4-14-6-16-7/h1-2,4,6,9H,3,5H2,(H,14,16)(H,18,19)(H2,15,17,20)/t9-/m0/s1. The number of H-pyrrole nitrogens is 1. The van der Waals surface area contributed by atoms with Gasteiger partial charge in [0, 0.05) is 27.7 Å². The molecule has 2 aromatic heterocycles. The number of imidazole rings is 1. The van der Waals surface area contributed by atoms with Crippen molar-refractivity contribution >= 4 is 39.3 Å². The van der Waals surface area contributed by atoms with Crippen LogP contribution in [-0.4, -0.2) is 33.1 Å². The number of carbonyl (C=O) groups is 2. The Kier molecular flexibility index (Phi) is 5.34. The minimum absolute atomic E-state index is 0.144. The second kappa shape index (κ2) is 7.23. The van der Waals surface area contributed by atoms with Crippen LogP contribution in [0.25, 0.3) is 0 Å². The molecule has 0 aliphatic carbocycles. The molecule has 7 nitrogen and oxygen atoms in total. The highest BCUT2D eigenvalue weighted by Crippen LogP contribution is 2.21. The maximum Gasteiger partial charge on any atom is 0.326 e. The van der Waals surface area contributed by atoms with Crippen LogP contribution in [0.4, 0.5) is 4.79 Å². The van der Waals surface area contributed by atoms with E-state index < -0.39 is 18.0 Å². The van der Waals surface area contributed by atoms with E-state index in [1.807, 2.05) is 11.4 Å². The van der Waals surface area contributed by atoms with E-state index in [0.717, 1.165) is 9.35 Å². The maximum atomic E-state index is 11.8. The number of halogens is 1. The Hall–Kier alpha value is -1.87. The second-order valence-corrected chi connectivity index (χ2v) is 6.05. The molecule has 2 amide bonds. The highest BCUT2D eigenvalue weighted by atomic mass is 79.9. The first-order valence-electron chi connectivity index (χ1n) is 6.02. The average Bonchev–Trinajstić information content (AvgIpc) is 3.07. The van der Waals surface area contributed by atoms with E-state index in [1.165, 1.54) is 23.9 Å². The molecule has 0 saturated carbocycles. The molecule has 2 aromatic rings. The lowest BCUT2D eigenvalue weighted by Crippen LogP contribution is -2.46. The molecule has 21 heavy (non-hydrogen) atoms. The molecule has 0 aliphatic heterocycles. The van der Waals surface area contributed by atoms with Crippen LogP contribution in [0.15, 0.2) is 28.4 Å². The van der Waals surface area contributed by atoms with Crippen molar-refractivity contribution in [2.75, 3.05) is 0 Å². The zero-order chi connectivity index (χ0) is 15.2. The molecule has 0 radical (unpaired) electrons. The van der Waals surface area contributed by atoms with E-state index in [1.54, 1.807) is 0 Å². The van der Waals surface area contributed by atoms with Gasteiger partial charge in [-0.2, -0.15) is 0 Å². The zero-order valence-electron chi connectivity index (χ0n) is 10.8. The normalized spacial score (nSPS) is 11.9. The predicted molar refractivity (Wildman–Crippen MR) is 81.1 cm³/mol. The summed E-state index contributed by atoms with van der Waals surface area (Å²) in [5, 5.41) is 16.1. The van der Waals surface area contributed by atoms with Gasteiger partial charge >= 0.3 is 12.0 Å². The Morgan fingerprint density at radius 2 is 2.33 bits per heavy atom. The van der Waals surface area contributed by atoms with Crippen molar-refractivity contribution in [2.24, 2.45) is 0 Å². The number of amides is 2. The van der Waals surface area contributed by atoms with Crippen molar-refractivity contribution in [1.82, 2.24) is 20.6 Å². The lowest BCUT2D eigenvalue weighted by molar-refractivity contribution is -0.139. The van der Waals surface area contributed by atoms with Gasteiger partial charge in [-0.1, -0.05) is 0 Å². The summed E-state index contributed by atoms with van der Waals surface area (Å²) < 4.78 is 0.917. The number of hydrogen-bond acceptors (Lipinski definition) is 4. The van der Waals surface area contributed by atoms with Gasteiger partial charge in [0.15, 0.2) is 0 Å².